The summed E-state index contributed by atoms with van der Waals surface area (Å²) in [5, 5.41) is 9.76. The van der Waals surface area contributed by atoms with Crippen LogP contribution in [0.4, 0.5) is 34.1 Å². The van der Waals surface area contributed by atoms with Gasteiger partial charge in [0.15, 0.2) is 0 Å². The van der Waals surface area contributed by atoms with Crippen molar-refractivity contribution in [2.24, 2.45) is 0 Å². The highest BCUT2D eigenvalue weighted by atomic mass is 15.2. The maximum absolute atomic E-state index is 2.44. The SMILES string of the molecule is Cc1ccc(-c2ccc(C)c(N(c3ccc4ccccc4c3)c3cccc4ccccc34)c2)cc1N(c1ccc2ccccc2c1)c1cccc2ccccc12. The summed E-state index contributed by atoms with van der Waals surface area (Å²) in [6.45, 7) is 4.45. The second-order valence-electron chi connectivity index (χ2n) is 14.7. The Morgan fingerprint density at radius 3 is 1.09 bits per heavy atom. The molecule has 0 bridgehead atoms. The summed E-state index contributed by atoms with van der Waals surface area (Å²) in [5.41, 5.74) is 11.6. The molecule has 0 aliphatic carbocycles. The minimum absolute atomic E-state index is 1.13. The molecule has 0 aliphatic heterocycles. The zero-order valence-electron chi connectivity index (χ0n) is 31.5. The van der Waals surface area contributed by atoms with Crippen LogP contribution >= 0.6 is 0 Å². The Morgan fingerprint density at radius 1 is 0.268 bits per heavy atom. The molecule has 266 valence electrons. The van der Waals surface area contributed by atoms with Crippen LogP contribution < -0.4 is 9.80 Å². The van der Waals surface area contributed by atoms with Crippen molar-refractivity contribution < 1.29 is 0 Å². The van der Waals surface area contributed by atoms with Crippen molar-refractivity contribution in [3.8, 4) is 11.1 Å². The molecule has 10 aromatic rings. The quantitative estimate of drug-likeness (QED) is 0.162. The van der Waals surface area contributed by atoms with Crippen LogP contribution in [0.25, 0.3) is 54.2 Å². The second kappa shape index (κ2) is 13.9. The largest absolute Gasteiger partial charge is 0.310 e. The normalized spacial score (nSPS) is 11.4. The van der Waals surface area contributed by atoms with Gasteiger partial charge in [-0.1, -0.05) is 158 Å². The van der Waals surface area contributed by atoms with Gasteiger partial charge in [-0.15, -0.1) is 0 Å². The molecule has 2 heteroatoms. The molecule has 0 fully saturated rings. The number of nitrogens with zero attached hydrogens (tertiary/aromatic N) is 2. The van der Waals surface area contributed by atoms with E-state index in [0.717, 1.165) is 45.3 Å². The van der Waals surface area contributed by atoms with E-state index in [9.17, 15) is 0 Å². The van der Waals surface area contributed by atoms with Crippen LogP contribution in [0.3, 0.4) is 0 Å². The number of anilines is 6. The Hall–Kier alpha value is -7.16. The van der Waals surface area contributed by atoms with E-state index in [-0.39, 0.29) is 0 Å². The smallest absolute Gasteiger partial charge is 0.0540 e. The molecule has 0 spiro atoms. The standard InChI is InChI=1S/C54H40N2/c1-37-25-27-45(35-53(37)55(47-31-29-39-13-3-5-17-43(39)33-47)51-23-11-19-41-15-7-9-21-49(41)51)46-28-26-38(2)54(36-46)56(48-32-30-40-14-4-6-18-44(40)34-48)52-24-12-20-42-16-8-10-22-50(42)52/h3-36H,1-2H3. The minimum Gasteiger partial charge on any atom is -0.310 e. The van der Waals surface area contributed by atoms with Crippen LogP contribution in [0.15, 0.2) is 206 Å². The molecule has 0 aromatic heterocycles. The predicted molar refractivity (Wildman–Crippen MR) is 241 cm³/mol. The average Bonchev–Trinajstić information content (AvgIpc) is 3.25. The van der Waals surface area contributed by atoms with Crippen molar-refractivity contribution in [1.82, 2.24) is 0 Å². The first-order valence-corrected chi connectivity index (χ1v) is 19.3. The summed E-state index contributed by atoms with van der Waals surface area (Å²) in [4.78, 5) is 4.89. The van der Waals surface area contributed by atoms with Crippen LogP contribution in [-0.4, -0.2) is 0 Å². The topological polar surface area (TPSA) is 6.48 Å². The van der Waals surface area contributed by atoms with E-state index in [2.05, 4.69) is 230 Å². The first-order valence-electron chi connectivity index (χ1n) is 19.3. The third kappa shape index (κ3) is 5.93. The molecule has 0 atom stereocenters. The van der Waals surface area contributed by atoms with Gasteiger partial charge in [-0.25, -0.2) is 0 Å². The molecular formula is C54H40N2. The van der Waals surface area contributed by atoms with Gasteiger partial charge in [-0.05, 0) is 117 Å². The first-order chi connectivity index (χ1) is 27.6. The summed E-state index contributed by atoms with van der Waals surface area (Å²) in [5.74, 6) is 0. The molecule has 0 saturated carbocycles. The molecule has 0 unspecified atom stereocenters. The van der Waals surface area contributed by atoms with Crippen LogP contribution in [0, 0.1) is 13.8 Å². The summed E-state index contributed by atoms with van der Waals surface area (Å²) < 4.78 is 0. The van der Waals surface area contributed by atoms with E-state index in [1.165, 1.54) is 54.2 Å². The Balaban J connectivity index is 1.17. The summed E-state index contributed by atoms with van der Waals surface area (Å²) in [6, 6.07) is 75.3. The van der Waals surface area contributed by atoms with Gasteiger partial charge < -0.3 is 9.80 Å². The van der Waals surface area contributed by atoms with Crippen molar-refractivity contribution >= 4 is 77.2 Å². The highest BCUT2D eigenvalue weighted by Gasteiger charge is 2.21. The number of hydrogen-bond donors (Lipinski definition) is 0. The van der Waals surface area contributed by atoms with Gasteiger partial charge >= 0.3 is 0 Å². The minimum atomic E-state index is 1.13. The number of hydrogen-bond acceptors (Lipinski definition) is 2. The lowest BCUT2D eigenvalue weighted by atomic mass is 9.97. The van der Waals surface area contributed by atoms with Crippen molar-refractivity contribution in [2.45, 2.75) is 13.8 Å². The molecular weight excluding hydrogens is 677 g/mol. The van der Waals surface area contributed by atoms with Gasteiger partial charge in [0.25, 0.3) is 0 Å². The van der Waals surface area contributed by atoms with E-state index >= 15 is 0 Å². The van der Waals surface area contributed by atoms with Gasteiger partial charge in [0.1, 0.15) is 0 Å². The van der Waals surface area contributed by atoms with Gasteiger partial charge in [0.05, 0.1) is 11.4 Å². The predicted octanol–water partition coefficient (Wildman–Crippen LogP) is 15.5. The molecule has 10 rings (SSSR count). The van der Waals surface area contributed by atoms with E-state index < -0.39 is 0 Å². The summed E-state index contributed by atoms with van der Waals surface area (Å²) in [6.07, 6.45) is 0. The molecule has 2 nitrogen and oxygen atoms in total. The lowest BCUT2D eigenvalue weighted by molar-refractivity contribution is 1.26. The summed E-state index contributed by atoms with van der Waals surface area (Å²) in [7, 11) is 0. The fraction of sp³-hybridized carbons (Fsp3) is 0.0370. The zero-order chi connectivity index (χ0) is 37.6. The van der Waals surface area contributed by atoms with Crippen molar-refractivity contribution in [3.05, 3.63) is 217 Å². The molecule has 0 N–H and O–H groups in total. The van der Waals surface area contributed by atoms with Crippen molar-refractivity contribution in [2.75, 3.05) is 9.80 Å². The number of aryl methyl sites for hydroxylation is 2. The number of benzene rings is 10. The molecule has 0 amide bonds. The highest BCUT2D eigenvalue weighted by Crippen LogP contribution is 2.45. The van der Waals surface area contributed by atoms with Crippen molar-refractivity contribution in [1.29, 1.82) is 0 Å². The zero-order valence-corrected chi connectivity index (χ0v) is 31.5. The van der Waals surface area contributed by atoms with Gasteiger partial charge in [-0.3, -0.25) is 0 Å². The van der Waals surface area contributed by atoms with Crippen LogP contribution in [-0.2, 0) is 0 Å². The number of rotatable bonds is 7. The maximum Gasteiger partial charge on any atom is 0.0540 e. The Bertz CT molecular complexity index is 2870. The van der Waals surface area contributed by atoms with Crippen LogP contribution in [0.1, 0.15) is 11.1 Å². The molecule has 0 saturated heterocycles. The van der Waals surface area contributed by atoms with Gasteiger partial charge in [0.2, 0.25) is 0 Å². The van der Waals surface area contributed by atoms with E-state index in [1.54, 1.807) is 0 Å². The Kier molecular flexibility index (Phi) is 8.30. The third-order valence-electron chi connectivity index (χ3n) is 11.2. The van der Waals surface area contributed by atoms with E-state index in [0.29, 0.717) is 0 Å². The van der Waals surface area contributed by atoms with Gasteiger partial charge in [0, 0.05) is 33.5 Å². The lowest BCUT2D eigenvalue weighted by Gasteiger charge is -2.30. The average molecular weight is 717 g/mol. The molecule has 0 heterocycles. The monoisotopic (exact) mass is 716 g/mol. The number of fused-ring (bicyclic) bond motifs is 4. The van der Waals surface area contributed by atoms with Crippen LogP contribution in [0.5, 0.6) is 0 Å². The lowest BCUT2D eigenvalue weighted by Crippen LogP contribution is -2.13. The Labute approximate surface area is 328 Å². The second-order valence-corrected chi connectivity index (χ2v) is 14.7. The van der Waals surface area contributed by atoms with Crippen molar-refractivity contribution in [3.63, 3.8) is 0 Å². The van der Waals surface area contributed by atoms with Gasteiger partial charge in [-0.2, -0.15) is 0 Å². The molecule has 56 heavy (non-hydrogen) atoms. The third-order valence-corrected chi connectivity index (χ3v) is 11.2. The molecule has 10 aromatic carbocycles. The highest BCUT2D eigenvalue weighted by molar-refractivity contribution is 6.02. The molecule has 0 aliphatic rings. The maximum atomic E-state index is 2.44. The molecule has 0 radical (unpaired) electrons. The van der Waals surface area contributed by atoms with E-state index in [1.807, 2.05) is 0 Å². The first kappa shape index (κ1) is 33.4. The van der Waals surface area contributed by atoms with Crippen LogP contribution in [0.2, 0.25) is 0 Å². The fourth-order valence-electron chi connectivity index (χ4n) is 8.31. The summed E-state index contributed by atoms with van der Waals surface area (Å²) >= 11 is 0. The Morgan fingerprint density at radius 2 is 0.643 bits per heavy atom. The fourth-order valence-corrected chi connectivity index (χ4v) is 8.31. The van der Waals surface area contributed by atoms with E-state index in [4.69, 9.17) is 0 Å².